The van der Waals surface area contributed by atoms with Gasteiger partial charge in [-0.1, -0.05) is 23.2 Å². The number of carbonyl (C=O) groups is 1. The molecule has 1 aromatic rings. The molecule has 1 aliphatic rings. The second-order valence-electron chi connectivity index (χ2n) is 4.84. The number of carboxylic acid groups (broad SMARTS) is 1. The van der Waals surface area contributed by atoms with E-state index in [1.807, 2.05) is 0 Å². The minimum atomic E-state index is -4.04. The summed E-state index contributed by atoms with van der Waals surface area (Å²) in [7, 11) is -4.04. The maximum Gasteiger partial charge on any atom is 0.306 e. The minimum Gasteiger partial charge on any atom is -0.481 e. The van der Waals surface area contributed by atoms with Gasteiger partial charge in [-0.3, -0.25) is 4.79 Å². The minimum absolute atomic E-state index is 0.197. The summed E-state index contributed by atoms with van der Waals surface area (Å²) in [5.74, 6) is -2.53. The molecule has 5 nitrogen and oxygen atoms in total. The number of benzene rings is 1. The molecule has 116 valence electrons. The summed E-state index contributed by atoms with van der Waals surface area (Å²) in [6.45, 7) is 0. The molecule has 1 aromatic carbocycles. The first-order chi connectivity index (χ1) is 9.72. The van der Waals surface area contributed by atoms with Crippen LogP contribution in [0.1, 0.15) is 19.3 Å². The van der Waals surface area contributed by atoms with Gasteiger partial charge in [-0.05, 0) is 31.4 Å². The van der Waals surface area contributed by atoms with Gasteiger partial charge in [0.2, 0.25) is 10.0 Å². The van der Waals surface area contributed by atoms with Gasteiger partial charge < -0.3 is 5.11 Å². The van der Waals surface area contributed by atoms with Gasteiger partial charge in [-0.2, -0.15) is 0 Å². The fourth-order valence-electron chi connectivity index (χ4n) is 2.31. The third-order valence-corrected chi connectivity index (χ3v) is 5.73. The van der Waals surface area contributed by atoms with Crippen LogP contribution in [-0.4, -0.2) is 25.5 Å². The molecule has 0 spiro atoms. The monoisotopic (exact) mass is 355 g/mol. The highest BCUT2D eigenvalue weighted by Crippen LogP contribution is 2.31. The van der Waals surface area contributed by atoms with E-state index in [4.69, 9.17) is 28.3 Å². The van der Waals surface area contributed by atoms with Crippen molar-refractivity contribution in [1.29, 1.82) is 0 Å². The molecule has 0 aliphatic heterocycles. The van der Waals surface area contributed by atoms with E-state index in [1.54, 1.807) is 0 Å². The van der Waals surface area contributed by atoms with E-state index in [9.17, 15) is 17.6 Å². The van der Waals surface area contributed by atoms with Crippen molar-refractivity contribution in [3.63, 3.8) is 0 Å². The lowest BCUT2D eigenvalue weighted by Gasteiger charge is -2.14. The smallest absolute Gasteiger partial charge is 0.306 e. The second-order valence-corrected chi connectivity index (χ2v) is 7.31. The van der Waals surface area contributed by atoms with Crippen molar-refractivity contribution in [2.45, 2.75) is 30.2 Å². The average molecular weight is 356 g/mol. The Kier molecular flexibility index (Phi) is 4.77. The van der Waals surface area contributed by atoms with Crippen LogP contribution in [0.2, 0.25) is 10.0 Å². The molecule has 21 heavy (non-hydrogen) atoms. The van der Waals surface area contributed by atoms with Crippen molar-refractivity contribution in [3.8, 4) is 0 Å². The molecule has 9 heteroatoms. The third kappa shape index (κ3) is 3.48. The highest BCUT2D eigenvalue weighted by Gasteiger charge is 2.33. The summed E-state index contributed by atoms with van der Waals surface area (Å²) in [5, 5.41) is 8.04. The van der Waals surface area contributed by atoms with Crippen molar-refractivity contribution in [2.75, 3.05) is 0 Å². The molecule has 2 atom stereocenters. The van der Waals surface area contributed by atoms with Gasteiger partial charge in [0.05, 0.1) is 16.0 Å². The summed E-state index contributed by atoms with van der Waals surface area (Å²) in [6, 6.07) is 1.71. The summed E-state index contributed by atoms with van der Waals surface area (Å²) in [4.78, 5) is 10.4. The first-order valence-electron chi connectivity index (χ1n) is 6.11. The van der Waals surface area contributed by atoms with Crippen LogP contribution in [0.4, 0.5) is 4.39 Å². The van der Waals surface area contributed by atoms with E-state index in [2.05, 4.69) is 4.72 Å². The Morgan fingerprint density at radius 2 is 2.00 bits per heavy atom. The Bertz CT molecular complexity index is 680. The Morgan fingerprint density at radius 3 is 2.57 bits per heavy atom. The number of carboxylic acids is 1. The van der Waals surface area contributed by atoms with Crippen LogP contribution in [0.15, 0.2) is 17.0 Å². The number of halogens is 3. The van der Waals surface area contributed by atoms with Gasteiger partial charge in [-0.25, -0.2) is 17.5 Å². The van der Waals surface area contributed by atoms with Crippen LogP contribution < -0.4 is 4.72 Å². The van der Waals surface area contributed by atoms with Crippen molar-refractivity contribution in [1.82, 2.24) is 4.72 Å². The van der Waals surface area contributed by atoms with E-state index < -0.39 is 43.7 Å². The van der Waals surface area contributed by atoms with Crippen LogP contribution in [0.3, 0.4) is 0 Å². The fraction of sp³-hybridized carbons (Fsp3) is 0.417. The lowest BCUT2D eigenvalue weighted by Crippen LogP contribution is -2.33. The highest BCUT2D eigenvalue weighted by molar-refractivity contribution is 7.89. The number of rotatable bonds is 4. The van der Waals surface area contributed by atoms with Crippen LogP contribution in [0, 0.1) is 11.7 Å². The standard InChI is InChI=1S/C12H12Cl2FNO4S/c13-8-3-4-9(10(14)11(8)15)21(19,20)16-7-2-1-6(5-7)12(17)18/h3-4,6-7,16H,1-2,5H2,(H,17,18)/t6-,7+/m1/s1. The largest absolute Gasteiger partial charge is 0.481 e. The SMILES string of the molecule is O=C(O)[C@@H]1CC[C@H](NS(=O)(=O)c2ccc(Cl)c(F)c2Cl)C1. The maximum atomic E-state index is 13.6. The van der Waals surface area contributed by atoms with E-state index in [0.29, 0.717) is 12.8 Å². The summed E-state index contributed by atoms with van der Waals surface area (Å²) >= 11 is 11.2. The van der Waals surface area contributed by atoms with Gasteiger partial charge in [-0.15, -0.1) is 0 Å². The zero-order chi connectivity index (χ0) is 15.8. The number of hydrogen-bond donors (Lipinski definition) is 2. The van der Waals surface area contributed by atoms with Crippen LogP contribution in [0.25, 0.3) is 0 Å². The number of aliphatic carboxylic acids is 1. The molecule has 0 unspecified atom stereocenters. The van der Waals surface area contributed by atoms with Crippen molar-refractivity contribution in [3.05, 3.63) is 28.0 Å². The first-order valence-corrected chi connectivity index (χ1v) is 8.35. The third-order valence-electron chi connectivity index (χ3n) is 3.39. The van der Waals surface area contributed by atoms with Crippen molar-refractivity contribution in [2.24, 2.45) is 5.92 Å². The number of sulfonamides is 1. The fourth-order valence-corrected chi connectivity index (χ4v) is 4.34. The van der Waals surface area contributed by atoms with E-state index in [0.717, 1.165) is 12.1 Å². The molecule has 0 amide bonds. The second kappa shape index (κ2) is 6.08. The summed E-state index contributed by atoms with van der Waals surface area (Å²) < 4.78 is 40.3. The molecule has 1 saturated carbocycles. The highest BCUT2D eigenvalue weighted by atomic mass is 35.5. The normalized spacial score (nSPS) is 22.4. The predicted octanol–water partition coefficient (Wildman–Crippen LogP) is 2.66. The van der Waals surface area contributed by atoms with E-state index in [1.165, 1.54) is 0 Å². The summed E-state index contributed by atoms with van der Waals surface area (Å²) in [5.41, 5.74) is 0. The zero-order valence-corrected chi connectivity index (χ0v) is 13.0. The molecule has 2 N–H and O–H groups in total. The Balaban J connectivity index is 2.20. The van der Waals surface area contributed by atoms with Crippen LogP contribution in [-0.2, 0) is 14.8 Å². The lowest BCUT2D eigenvalue weighted by molar-refractivity contribution is -0.141. The molecule has 0 aromatic heterocycles. The molecule has 0 heterocycles. The number of hydrogen-bond acceptors (Lipinski definition) is 3. The lowest BCUT2D eigenvalue weighted by atomic mass is 10.1. The molecule has 0 saturated heterocycles. The Labute approximate surface area is 131 Å². The molecule has 0 bridgehead atoms. The predicted molar refractivity (Wildman–Crippen MR) is 75.5 cm³/mol. The topological polar surface area (TPSA) is 83.5 Å². The Morgan fingerprint density at radius 1 is 1.33 bits per heavy atom. The zero-order valence-electron chi connectivity index (χ0n) is 10.6. The van der Waals surface area contributed by atoms with E-state index in [-0.39, 0.29) is 11.4 Å². The van der Waals surface area contributed by atoms with Gasteiger partial charge in [0, 0.05) is 6.04 Å². The molecule has 1 aliphatic carbocycles. The van der Waals surface area contributed by atoms with Crippen molar-refractivity contribution < 1.29 is 22.7 Å². The first kappa shape index (κ1) is 16.5. The van der Waals surface area contributed by atoms with Gasteiger partial charge in [0.25, 0.3) is 0 Å². The van der Waals surface area contributed by atoms with E-state index >= 15 is 0 Å². The average Bonchev–Trinajstić information content (AvgIpc) is 2.83. The number of nitrogens with one attached hydrogen (secondary N) is 1. The molecule has 2 rings (SSSR count). The molecular weight excluding hydrogens is 344 g/mol. The Hall–Kier alpha value is -0.890. The van der Waals surface area contributed by atoms with Gasteiger partial charge in [0.1, 0.15) is 4.90 Å². The quantitative estimate of drug-likeness (QED) is 0.813. The maximum absolute atomic E-state index is 13.6. The van der Waals surface area contributed by atoms with Gasteiger partial charge in [0.15, 0.2) is 5.82 Å². The molecule has 0 radical (unpaired) electrons. The molecular formula is C12H12Cl2FNO4S. The van der Waals surface area contributed by atoms with Gasteiger partial charge >= 0.3 is 5.97 Å². The molecule has 1 fully saturated rings. The van der Waals surface area contributed by atoms with Crippen molar-refractivity contribution >= 4 is 39.2 Å². The van der Waals surface area contributed by atoms with Crippen LogP contribution >= 0.6 is 23.2 Å². The van der Waals surface area contributed by atoms with Crippen LogP contribution in [0.5, 0.6) is 0 Å². The summed E-state index contributed by atoms with van der Waals surface area (Å²) in [6.07, 6.45) is 0.997.